The first-order valence-corrected chi connectivity index (χ1v) is 9.57. The summed E-state index contributed by atoms with van der Waals surface area (Å²) in [7, 11) is 0. The maximum absolute atomic E-state index is 14.1. The Bertz CT molecular complexity index is 1100. The van der Waals surface area contributed by atoms with Crippen LogP contribution in [-0.2, 0) is 4.79 Å². The maximum atomic E-state index is 14.1. The van der Waals surface area contributed by atoms with Crippen molar-refractivity contribution in [1.82, 2.24) is 0 Å². The van der Waals surface area contributed by atoms with Gasteiger partial charge in [-0.1, -0.05) is 23.2 Å². The fourth-order valence-corrected chi connectivity index (χ4v) is 3.02. The molecule has 0 bridgehead atoms. The number of anilines is 2. The van der Waals surface area contributed by atoms with Crippen LogP contribution >= 0.6 is 23.2 Å². The quantitative estimate of drug-likeness (QED) is 0.505. The van der Waals surface area contributed by atoms with E-state index in [1.165, 1.54) is 37.5 Å². The van der Waals surface area contributed by atoms with Gasteiger partial charge in [-0.15, -0.1) is 0 Å². The molecule has 1 atom stereocenters. The molecule has 0 aliphatic carbocycles. The lowest BCUT2D eigenvalue weighted by molar-refractivity contribution is -0.122. The molecule has 0 aliphatic heterocycles. The largest absolute Gasteiger partial charge is 0.479 e. The van der Waals surface area contributed by atoms with Crippen LogP contribution in [0.3, 0.4) is 0 Å². The molecule has 0 radical (unpaired) electrons. The van der Waals surface area contributed by atoms with E-state index in [0.717, 1.165) is 6.07 Å². The molecule has 3 aromatic rings. The fourth-order valence-electron chi connectivity index (χ4n) is 2.57. The van der Waals surface area contributed by atoms with Gasteiger partial charge in [-0.3, -0.25) is 9.59 Å². The lowest BCUT2D eigenvalue weighted by Crippen LogP contribution is -2.30. The molecule has 2 aromatic carbocycles. The maximum Gasteiger partial charge on any atom is 0.265 e. The van der Waals surface area contributed by atoms with E-state index in [9.17, 15) is 14.0 Å². The second kappa shape index (κ2) is 9.19. The molecule has 30 heavy (non-hydrogen) atoms. The number of ether oxygens (including phenoxy) is 1. The molecule has 1 heterocycles. The van der Waals surface area contributed by atoms with Crippen molar-refractivity contribution in [2.75, 3.05) is 10.6 Å². The van der Waals surface area contributed by atoms with Gasteiger partial charge < -0.3 is 19.8 Å². The minimum Gasteiger partial charge on any atom is -0.479 e. The van der Waals surface area contributed by atoms with Crippen LogP contribution in [0, 0.1) is 12.7 Å². The van der Waals surface area contributed by atoms with Crippen molar-refractivity contribution in [1.29, 1.82) is 0 Å². The molecule has 156 valence electrons. The van der Waals surface area contributed by atoms with Crippen LogP contribution in [0.2, 0.25) is 10.0 Å². The molecule has 6 nitrogen and oxygen atoms in total. The number of halogens is 3. The molecule has 9 heteroatoms. The third-order valence-corrected chi connectivity index (χ3v) is 4.68. The van der Waals surface area contributed by atoms with Gasteiger partial charge in [0.2, 0.25) is 0 Å². The van der Waals surface area contributed by atoms with Gasteiger partial charge in [-0.2, -0.15) is 0 Å². The zero-order valence-electron chi connectivity index (χ0n) is 16.0. The van der Waals surface area contributed by atoms with Crippen LogP contribution in [0.1, 0.15) is 23.0 Å². The summed E-state index contributed by atoms with van der Waals surface area (Å²) in [5, 5.41) is 5.78. The molecule has 1 unspecified atom stereocenters. The zero-order valence-corrected chi connectivity index (χ0v) is 17.5. The van der Waals surface area contributed by atoms with Gasteiger partial charge in [0.1, 0.15) is 17.3 Å². The molecule has 2 amide bonds. The fraction of sp³-hybridized carbons (Fsp3) is 0.143. The monoisotopic (exact) mass is 450 g/mol. The van der Waals surface area contributed by atoms with Gasteiger partial charge in [0.15, 0.2) is 6.10 Å². The van der Waals surface area contributed by atoms with Crippen molar-refractivity contribution in [3.63, 3.8) is 0 Å². The van der Waals surface area contributed by atoms with Gasteiger partial charge in [0.25, 0.3) is 11.8 Å². The number of hydrogen-bond acceptors (Lipinski definition) is 4. The van der Waals surface area contributed by atoms with Crippen LogP contribution in [-0.4, -0.2) is 17.9 Å². The van der Waals surface area contributed by atoms with Crippen LogP contribution in [0.25, 0.3) is 0 Å². The molecule has 3 rings (SSSR count). The van der Waals surface area contributed by atoms with E-state index in [1.807, 2.05) is 0 Å². The summed E-state index contributed by atoms with van der Waals surface area (Å²) in [6, 6.07) is 9.93. The summed E-state index contributed by atoms with van der Waals surface area (Å²) < 4.78 is 24.8. The third kappa shape index (κ3) is 5.11. The molecular formula is C21H17Cl2FN2O4. The highest BCUT2D eigenvalue weighted by atomic mass is 35.5. The van der Waals surface area contributed by atoms with Crippen LogP contribution in [0.4, 0.5) is 15.8 Å². The number of carbonyl (C=O) groups is 2. The van der Waals surface area contributed by atoms with Crippen LogP contribution in [0.5, 0.6) is 5.75 Å². The number of furan rings is 1. The number of carbonyl (C=O) groups excluding carboxylic acids is 2. The molecule has 0 saturated carbocycles. The lowest BCUT2D eigenvalue weighted by Gasteiger charge is -2.16. The number of nitrogens with one attached hydrogen (secondary N) is 2. The number of aryl methyl sites for hydroxylation is 1. The second-order valence-electron chi connectivity index (χ2n) is 6.36. The summed E-state index contributed by atoms with van der Waals surface area (Å²) in [6.07, 6.45) is 0.464. The molecular weight excluding hydrogens is 434 g/mol. The Labute approximate surface area is 181 Å². The first kappa shape index (κ1) is 21.7. The third-order valence-electron chi connectivity index (χ3n) is 4.15. The summed E-state index contributed by atoms with van der Waals surface area (Å²) in [5.74, 6) is -0.969. The van der Waals surface area contributed by atoms with E-state index in [4.69, 9.17) is 32.4 Å². The van der Waals surface area contributed by atoms with Crippen molar-refractivity contribution in [3.8, 4) is 5.75 Å². The highest BCUT2D eigenvalue weighted by Crippen LogP contribution is 2.28. The molecule has 1 aromatic heterocycles. The second-order valence-corrected chi connectivity index (χ2v) is 7.21. The molecule has 0 fully saturated rings. The highest BCUT2D eigenvalue weighted by molar-refractivity contribution is 6.35. The average Bonchev–Trinajstić information content (AvgIpc) is 3.12. The normalized spacial score (nSPS) is 11.6. The Morgan fingerprint density at radius 2 is 1.87 bits per heavy atom. The predicted octanol–water partition coefficient (Wildman–Crippen LogP) is 5.69. The van der Waals surface area contributed by atoms with Crippen molar-refractivity contribution in [3.05, 3.63) is 75.9 Å². The Morgan fingerprint density at radius 3 is 2.53 bits per heavy atom. The first-order chi connectivity index (χ1) is 14.2. The van der Waals surface area contributed by atoms with E-state index in [-0.39, 0.29) is 22.0 Å². The van der Waals surface area contributed by atoms with E-state index in [0.29, 0.717) is 16.5 Å². The molecule has 0 spiro atoms. The van der Waals surface area contributed by atoms with Gasteiger partial charge in [-0.25, -0.2) is 4.39 Å². The SMILES string of the molecule is Cc1occc1C(=O)Nc1cc(NC(=O)C(C)Oc2ccc(Cl)cc2Cl)ccc1F. The van der Waals surface area contributed by atoms with E-state index >= 15 is 0 Å². The molecule has 2 N–H and O–H groups in total. The van der Waals surface area contributed by atoms with Gasteiger partial charge in [0, 0.05) is 10.7 Å². The average molecular weight is 451 g/mol. The number of benzene rings is 2. The molecule has 0 saturated heterocycles. The van der Waals surface area contributed by atoms with Crippen molar-refractivity contribution >= 4 is 46.4 Å². The van der Waals surface area contributed by atoms with Gasteiger partial charge in [0.05, 0.1) is 22.5 Å². The smallest absolute Gasteiger partial charge is 0.265 e. The summed E-state index contributed by atoms with van der Waals surface area (Å²) in [5.41, 5.74) is 0.469. The predicted molar refractivity (Wildman–Crippen MR) is 113 cm³/mol. The van der Waals surface area contributed by atoms with Crippen molar-refractivity contribution in [2.45, 2.75) is 20.0 Å². The van der Waals surface area contributed by atoms with E-state index in [2.05, 4.69) is 10.6 Å². The standard InChI is InChI=1S/C21H17Cl2FN2O4/c1-11-15(7-8-29-11)21(28)26-18-10-14(4-5-17(18)24)25-20(27)12(2)30-19-6-3-13(22)9-16(19)23/h3-10,12H,1-2H3,(H,25,27)(H,26,28). The summed E-state index contributed by atoms with van der Waals surface area (Å²) >= 11 is 11.9. The Kier molecular flexibility index (Phi) is 6.64. The van der Waals surface area contributed by atoms with E-state index < -0.39 is 23.7 Å². The van der Waals surface area contributed by atoms with E-state index in [1.54, 1.807) is 19.1 Å². The number of amides is 2. The lowest BCUT2D eigenvalue weighted by atomic mass is 10.2. The van der Waals surface area contributed by atoms with Gasteiger partial charge >= 0.3 is 0 Å². The minimum absolute atomic E-state index is 0.0901. The van der Waals surface area contributed by atoms with Gasteiger partial charge in [-0.05, 0) is 56.3 Å². The minimum atomic E-state index is -0.902. The topological polar surface area (TPSA) is 80.6 Å². The van der Waals surface area contributed by atoms with Crippen molar-refractivity contribution < 1.29 is 23.1 Å². The summed E-state index contributed by atoms with van der Waals surface area (Å²) in [4.78, 5) is 24.7. The number of hydrogen-bond donors (Lipinski definition) is 2. The first-order valence-electron chi connectivity index (χ1n) is 8.82. The Balaban J connectivity index is 1.68. The number of rotatable bonds is 6. The Hall–Kier alpha value is -3.03. The molecule has 0 aliphatic rings. The van der Waals surface area contributed by atoms with Crippen LogP contribution in [0.15, 0.2) is 53.1 Å². The Morgan fingerprint density at radius 1 is 1.10 bits per heavy atom. The van der Waals surface area contributed by atoms with Crippen molar-refractivity contribution in [2.24, 2.45) is 0 Å². The summed E-state index contributed by atoms with van der Waals surface area (Å²) in [6.45, 7) is 3.16. The zero-order chi connectivity index (χ0) is 21.8. The van der Waals surface area contributed by atoms with Crippen LogP contribution < -0.4 is 15.4 Å². The highest BCUT2D eigenvalue weighted by Gasteiger charge is 2.18.